The van der Waals surface area contributed by atoms with Gasteiger partial charge >= 0.3 is 0 Å². The van der Waals surface area contributed by atoms with Crippen LogP contribution in [0.25, 0.3) is 0 Å². The highest BCUT2D eigenvalue weighted by Crippen LogP contribution is 2.34. The fourth-order valence-corrected chi connectivity index (χ4v) is 3.89. The number of anilines is 2. The van der Waals surface area contributed by atoms with Gasteiger partial charge in [-0.2, -0.15) is 0 Å². The number of rotatable bonds is 8. The molecular weight excluding hydrogens is 440 g/mol. The van der Waals surface area contributed by atoms with Gasteiger partial charge in [-0.15, -0.1) is 11.8 Å². The maximum absolute atomic E-state index is 12.5. The second-order valence-electron chi connectivity index (χ2n) is 7.13. The molecule has 0 unspecified atom stereocenters. The second-order valence-corrected chi connectivity index (χ2v) is 8.18. The summed E-state index contributed by atoms with van der Waals surface area (Å²) in [7, 11) is 0. The molecular formula is C25H24N2O5S. The van der Waals surface area contributed by atoms with E-state index in [1.807, 2.05) is 25.1 Å². The number of hydrogen-bond donors (Lipinski definition) is 2. The first kappa shape index (κ1) is 22.5. The number of nitrogens with one attached hydrogen (secondary N) is 2. The van der Waals surface area contributed by atoms with Crippen LogP contribution in [0.1, 0.15) is 17.3 Å². The van der Waals surface area contributed by atoms with Gasteiger partial charge in [0.05, 0.1) is 12.4 Å². The Bertz CT molecular complexity index is 1120. The summed E-state index contributed by atoms with van der Waals surface area (Å²) >= 11 is 1.41. The summed E-state index contributed by atoms with van der Waals surface area (Å²) in [6, 6.07) is 19.6. The van der Waals surface area contributed by atoms with Gasteiger partial charge in [-0.3, -0.25) is 9.59 Å². The van der Waals surface area contributed by atoms with Gasteiger partial charge < -0.3 is 24.8 Å². The van der Waals surface area contributed by atoms with E-state index in [4.69, 9.17) is 14.2 Å². The molecule has 1 aliphatic heterocycles. The lowest BCUT2D eigenvalue weighted by Gasteiger charge is -2.18. The number of fused-ring (bicyclic) bond motifs is 1. The smallest absolute Gasteiger partial charge is 0.255 e. The molecule has 7 nitrogen and oxygen atoms in total. The Morgan fingerprint density at radius 1 is 0.879 bits per heavy atom. The molecule has 1 aliphatic rings. The van der Waals surface area contributed by atoms with Crippen LogP contribution in [0.5, 0.6) is 17.2 Å². The summed E-state index contributed by atoms with van der Waals surface area (Å²) in [4.78, 5) is 25.7. The molecule has 8 heteroatoms. The van der Waals surface area contributed by atoms with Crippen molar-refractivity contribution in [3.05, 3.63) is 72.3 Å². The van der Waals surface area contributed by atoms with Crippen LogP contribution in [-0.2, 0) is 4.79 Å². The Labute approximate surface area is 196 Å². The van der Waals surface area contributed by atoms with Gasteiger partial charge in [0.1, 0.15) is 19.0 Å². The zero-order valence-electron chi connectivity index (χ0n) is 18.1. The Balaban J connectivity index is 1.27. The van der Waals surface area contributed by atoms with Crippen molar-refractivity contribution in [1.82, 2.24) is 0 Å². The molecule has 0 bridgehead atoms. The normalized spacial score (nSPS) is 12.0. The monoisotopic (exact) mass is 464 g/mol. The minimum atomic E-state index is -0.230. The van der Waals surface area contributed by atoms with Gasteiger partial charge in [0, 0.05) is 21.8 Å². The molecule has 0 spiro atoms. The van der Waals surface area contributed by atoms with E-state index >= 15 is 0 Å². The molecule has 0 aromatic heterocycles. The van der Waals surface area contributed by atoms with Crippen molar-refractivity contribution in [3.8, 4) is 17.2 Å². The minimum Gasteiger partial charge on any atom is -0.494 e. The summed E-state index contributed by atoms with van der Waals surface area (Å²) < 4.78 is 16.5. The minimum absolute atomic E-state index is 0.138. The van der Waals surface area contributed by atoms with Crippen molar-refractivity contribution in [2.24, 2.45) is 0 Å². The number of amides is 2. The number of ether oxygens (including phenoxy) is 3. The zero-order chi connectivity index (χ0) is 23.0. The first-order valence-corrected chi connectivity index (χ1v) is 11.6. The van der Waals surface area contributed by atoms with Crippen molar-refractivity contribution < 1.29 is 23.8 Å². The molecule has 3 aromatic carbocycles. The average molecular weight is 465 g/mol. The van der Waals surface area contributed by atoms with E-state index < -0.39 is 0 Å². The summed E-state index contributed by atoms with van der Waals surface area (Å²) in [5.74, 6) is 2.06. The van der Waals surface area contributed by atoms with Crippen molar-refractivity contribution >= 4 is 35.0 Å². The van der Waals surface area contributed by atoms with Gasteiger partial charge in [-0.25, -0.2) is 0 Å². The molecule has 170 valence electrons. The van der Waals surface area contributed by atoms with Crippen LogP contribution in [0, 0.1) is 0 Å². The molecule has 3 aromatic rings. The van der Waals surface area contributed by atoms with Crippen LogP contribution in [0.4, 0.5) is 11.4 Å². The molecule has 1 heterocycles. The van der Waals surface area contributed by atoms with Gasteiger partial charge in [-0.1, -0.05) is 0 Å². The van der Waals surface area contributed by atoms with Gasteiger partial charge in [0.2, 0.25) is 5.91 Å². The molecule has 33 heavy (non-hydrogen) atoms. The lowest BCUT2D eigenvalue weighted by molar-refractivity contribution is -0.113. The summed E-state index contributed by atoms with van der Waals surface area (Å²) in [5, 5.41) is 5.69. The van der Waals surface area contributed by atoms with E-state index in [1.54, 1.807) is 48.5 Å². The highest BCUT2D eigenvalue weighted by atomic mass is 32.2. The highest BCUT2D eigenvalue weighted by Gasteiger charge is 2.13. The Morgan fingerprint density at radius 3 is 2.27 bits per heavy atom. The van der Waals surface area contributed by atoms with Gasteiger partial charge in [0.15, 0.2) is 11.5 Å². The molecule has 0 saturated carbocycles. The molecule has 0 radical (unpaired) electrons. The van der Waals surface area contributed by atoms with Crippen molar-refractivity contribution in [3.63, 3.8) is 0 Å². The van der Waals surface area contributed by atoms with Crippen LogP contribution < -0.4 is 24.8 Å². The van der Waals surface area contributed by atoms with Crippen molar-refractivity contribution in [2.45, 2.75) is 11.8 Å². The predicted molar refractivity (Wildman–Crippen MR) is 129 cm³/mol. The van der Waals surface area contributed by atoms with Crippen LogP contribution in [-0.4, -0.2) is 37.4 Å². The van der Waals surface area contributed by atoms with Crippen LogP contribution in [0.3, 0.4) is 0 Å². The molecule has 0 atom stereocenters. The van der Waals surface area contributed by atoms with Gasteiger partial charge in [-0.05, 0) is 73.7 Å². The molecule has 4 rings (SSSR count). The molecule has 0 fully saturated rings. The summed E-state index contributed by atoms with van der Waals surface area (Å²) in [6.07, 6.45) is 0. The third-order valence-corrected chi connectivity index (χ3v) is 5.73. The summed E-state index contributed by atoms with van der Waals surface area (Å²) in [6.45, 7) is 3.58. The lowest BCUT2D eigenvalue weighted by atomic mass is 10.2. The van der Waals surface area contributed by atoms with E-state index in [9.17, 15) is 9.59 Å². The summed E-state index contributed by atoms with van der Waals surface area (Å²) in [5.41, 5.74) is 1.80. The van der Waals surface area contributed by atoms with E-state index in [2.05, 4.69) is 10.6 Å². The SMILES string of the molecule is CCOc1ccc(NC(=O)c2ccc(NC(=O)CSc3ccc4c(c3)OCCO4)cc2)cc1. The molecule has 0 saturated heterocycles. The quantitative estimate of drug-likeness (QED) is 0.464. The topological polar surface area (TPSA) is 85.9 Å². The van der Waals surface area contributed by atoms with E-state index in [-0.39, 0.29) is 17.6 Å². The third kappa shape index (κ3) is 6.20. The number of carbonyl (C=O) groups is 2. The Kier molecular flexibility index (Phi) is 7.36. The number of benzene rings is 3. The molecule has 2 N–H and O–H groups in total. The number of carbonyl (C=O) groups excluding carboxylic acids is 2. The number of hydrogen-bond acceptors (Lipinski definition) is 6. The largest absolute Gasteiger partial charge is 0.494 e. The van der Waals surface area contributed by atoms with Crippen LogP contribution in [0.15, 0.2) is 71.6 Å². The standard InChI is InChI=1S/C25H24N2O5S/c1-2-30-20-9-7-19(8-10-20)27-25(29)17-3-5-18(6-4-17)26-24(28)16-33-21-11-12-22-23(15-21)32-14-13-31-22/h3-12,15H,2,13-14,16H2,1H3,(H,26,28)(H,27,29). The average Bonchev–Trinajstić information content (AvgIpc) is 2.84. The van der Waals surface area contributed by atoms with Gasteiger partial charge in [0.25, 0.3) is 5.91 Å². The van der Waals surface area contributed by atoms with E-state index in [0.717, 1.165) is 16.4 Å². The second kappa shape index (κ2) is 10.8. The highest BCUT2D eigenvalue weighted by molar-refractivity contribution is 8.00. The molecule has 0 aliphatic carbocycles. The first-order valence-electron chi connectivity index (χ1n) is 10.6. The molecule has 2 amide bonds. The third-order valence-electron chi connectivity index (χ3n) is 4.74. The maximum atomic E-state index is 12.5. The first-order chi connectivity index (χ1) is 16.1. The fourth-order valence-electron chi connectivity index (χ4n) is 3.17. The zero-order valence-corrected chi connectivity index (χ0v) is 18.9. The Hall–Kier alpha value is -3.65. The van der Waals surface area contributed by atoms with E-state index in [1.165, 1.54) is 11.8 Å². The van der Waals surface area contributed by atoms with Crippen molar-refractivity contribution in [1.29, 1.82) is 0 Å². The van der Waals surface area contributed by atoms with Crippen LogP contribution in [0.2, 0.25) is 0 Å². The van der Waals surface area contributed by atoms with E-state index in [0.29, 0.717) is 42.5 Å². The fraction of sp³-hybridized carbons (Fsp3) is 0.200. The van der Waals surface area contributed by atoms with Crippen molar-refractivity contribution in [2.75, 3.05) is 36.2 Å². The van der Waals surface area contributed by atoms with Crippen LogP contribution >= 0.6 is 11.8 Å². The lowest BCUT2D eigenvalue weighted by Crippen LogP contribution is -2.16. The maximum Gasteiger partial charge on any atom is 0.255 e. The predicted octanol–water partition coefficient (Wildman–Crippen LogP) is 4.84. The number of thioether (sulfide) groups is 1. The Morgan fingerprint density at radius 2 is 1.55 bits per heavy atom.